The molecule has 0 saturated carbocycles. The summed E-state index contributed by atoms with van der Waals surface area (Å²) >= 11 is 0. The van der Waals surface area contributed by atoms with Gasteiger partial charge in [-0.2, -0.15) is 5.10 Å². The second-order valence-electron chi connectivity index (χ2n) is 5.45. The molecule has 0 radical (unpaired) electrons. The lowest BCUT2D eigenvalue weighted by molar-refractivity contribution is 0.0599. The number of pyridine rings is 1. The van der Waals surface area contributed by atoms with Gasteiger partial charge in [0, 0.05) is 12.4 Å². The fraction of sp³-hybridized carbons (Fsp3) is 0.235. The number of carbonyl (C=O) groups excluding carboxylic acids is 1. The number of aliphatic hydroxyl groups excluding tert-OH is 1. The van der Waals surface area contributed by atoms with Crippen LogP contribution in [-0.4, -0.2) is 39.6 Å². The molecule has 2 N–H and O–H groups in total. The van der Waals surface area contributed by atoms with E-state index < -0.39 is 5.97 Å². The molecule has 7 heteroatoms. The fourth-order valence-electron chi connectivity index (χ4n) is 2.68. The Labute approximate surface area is 137 Å². The maximum absolute atomic E-state index is 12.0. The molecule has 7 nitrogen and oxygen atoms in total. The van der Waals surface area contributed by atoms with Gasteiger partial charge in [-0.15, -0.1) is 0 Å². The second-order valence-corrected chi connectivity index (χ2v) is 5.45. The summed E-state index contributed by atoms with van der Waals surface area (Å²) in [4.78, 5) is 23.9. The molecule has 1 aromatic rings. The van der Waals surface area contributed by atoms with E-state index in [-0.39, 0.29) is 35.0 Å². The SMILES string of the molecule is COC(=O)c1cn(C(CO)Cc2ccccc2)cc2c(=O)[nH]nc1-2. The van der Waals surface area contributed by atoms with Gasteiger partial charge in [0.1, 0.15) is 11.3 Å². The largest absolute Gasteiger partial charge is 0.465 e. The van der Waals surface area contributed by atoms with Gasteiger partial charge in [0.25, 0.3) is 5.56 Å². The smallest absolute Gasteiger partial charge is 0.341 e. The molecule has 1 atom stereocenters. The summed E-state index contributed by atoms with van der Waals surface area (Å²) in [6.45, 7) is -0.141. The number of nitrogens with zero attached hydrogens (tertiary/aromatic N) is 2. The molecule has 0 bridgehead atoms. The van der Waals surface area contributed by atoms with Crippen LogP contribution in [0.15, 0.2) is 47.5 Å². The van der Waals surface area contributed by atoms with Crippen molar-refractivity contribution in [2.24, 2.45) is 0 Å². The van der Waals surface area contributed by atoms with Gasteiger partial charge in [0.2, 0.25) is 0 Å². The molecule has 0 saturated heterocycles. The molecular weight excluding hydrogens is 310 g/mol. The maximum Gasteiger partial charge on any atom is 0.341 e. The lowest BCUT2D eigenvalue weighted by Crippen LogP contribution is -2.20. The molecule has 124 valence electrons. The second kappa shape index (κ2) is 6.67. The molecule has 0 fully saturated rings. The molecule has 0 aliphatic carbocycles. The Morgan fingerprint density at radius 2 is 2.08 bits per heavy atom. The number of hydrogen-bond acceptors (Lipinski definition) is 5. The number of aliphatic hydroxyl groups is 1. The summed E-state index contributed by atoms with van der Waals surface area (Å²) in [7, 11) is 1.27. The van der Waals surface area contributed by atoms with Crippen LogP contribution in [0.4, 0.5) is 0 Å². The predicted molar refractivity (Wildman–Crippen MR) is 87.1 cm³/mol. The molecule has 2 heterocycles. The highest BCUT2D eigenvalue weighted by molar-refractivity contribution is 5.95. The molecule has 0 amide bonds. The molecule has 24 heavy (non-hydrogen) atoms. The van der Waals surface area contributed by atoms with Gasteiger partial charge in [0.15, 0.2) is 0 Å². The van der Waals surface area contributed by atoms with E-state index in [0.717, 1.165) is 5.56 Å². The average molecular weight is 327 g/mol. The number of fused-ring (bicyclic) bond motifs is 1. The molecule has 1 unspecified atom stereocenters. The summed E-state index contributed by atoms with van der Waals surface area (Å²) in [5.74, 6) is -0.586. The average Bonchev–Trinajstić information content (AvgIpc) is 3.00. The summed E-state index contributed by atoms with van der Waals surface area (Å²) in [6, 6.07) is 9.35. The van der Waals surface area contributed by atoms with Crippen molar-refractivity contribution >= 4 is 5.97 Å². The Morgan fingerprint density at radius 1 is 1.33 bits per heavy atom. The van der Waals surface area contributed by atoms with Crippen LogP contribution in [0.1, 0.15) is 22.0 Å². The van der Waals surface area contributed by atoms with Gasteiger partial charge in [-0.1, -0.05) is 30.3 Å². The standard InChI is InChI=1S/C17H17N3O4/c1-24-17(23)14-9-20(8-13-15(14)18-19-16(13)22)12(10-21)7-11-5-3-2-4-6-11/h2-6,8-9,12,21H,7,10H2,1H3,(H,19,22). The number of aromatic amines is 1. The molecule has 0 spiro atoms. The van der Waals surface area contributed by atoms with E-state index >= 15 is 0 Å². The highest BCUT2D eigenvalue weighted by atomic mass is 16.5. The van der Waals surface area contributed by atoms with Crippen LogP contribution in [-0.2, 0) is 11.2 Å². The minimum Gasteiger partial charge on any atom is -0.465 e. The molecule has 2 aliphatic rings. The Hall–Kier alpha value is -2.93. The third kappa shape index (κ3) is 2.93. The van der Waals surface area contributed by atoms with Gasteiger partial charge in [0.05, 0.1) is 25.3 Å². The minimum absolute atomic E-state index is 0.141. The molecule has 2 aliphatic heterocycles. The highest BCUT2D eigenvalue weighted by Gasteiger charge is 2.23. The van der Waals surface area contributed by atoms with Gasteiger partial charge in [-0.25, -0.2) is 9.89 Å². The lowest BCUT2D eigenvalue weighted by atomic mass is 10.0. The van der Waals surface area contributed by atoms with E-state index in [1.807, 2.05) is 30.3 Å². The van der Waals surface area contributed by atoms with Gasteiger partial charge in [-0.05, 0) is 12.0 Å². The Balaban J connectivity index is 2.06. The first-order valence-corrected chi connectivity index (χ1v) is 7.47. The number of H-pyrrole nitrogens is 1. The van der Waals surface area contributed by atoms with Crippen LogP contribution >= 0.6 is 0 Å². The number of carbonyl (C=O) groups is 1. The van der Waals surface area contributed by atoms with E-state index in [1.165, 1.54) is 7.11 Å². The van der Waals surface area contributed by atoms with Gasteiger partial charge < -0.3 is 14.4 Å². The monoisotopic (exact) mass is 327 g/mol. The van der Waals surface area contributed by atoms with Crippen LogP contribution in [0.25, 0.3) is 11.3 Å². The van der Waals surface area contributed by atoms with Crippen LogP contribution < -0.4 is 5.56 Å². The van der Waals surface area contributed by atoms with E-state index in [0.29, 0.717) is 6.42 Å². The Kier molecular flexibility index (Phi) is 4.43. The van der Waals surface area contributed by atoms with Crippen molar-refractivity contribution in [3.05, 3.63) is 64.2 Å². The highest BCUT2D eigenvalue weighted by Crippen LogP contribution is 2.24. The van der Waals surface area contributed by atoms with Crippen molar-refractivity contribution in [1.29, 1.82) is 0 Å². The van der Waals surface area contributed by atoms with Crippen LogP contribution in [0.3, 0.4) is 0 Å². The zero-order valence-corrected chi connectivity index (χ0v) is 13.1. The Bertz CT molecular complexity index is 869. The third-order valence-electron chi connectivity index (χ3n) is 3.93. The molecular formula is C17H17N3O4. The summed E-state index contributed by atoms with van der Waals surface area (Å²) in [6.07, 6.45) is 3.70. The van der Waals surface area contributed by atoms with Gasteiger partial charge >= 0.3 is 5.97 Å². The zero-order chi connectivity index (χ0) is 17.1. The number of benzene rings is 1. The first kappa shape index (κ1) is 15.9. The zero-order valence-electron chi connectivity index (χ0n) is 13.1. The van der Waals surface area contributed by atoms with E-state index in [4.69, 9.17) is 4.74 Å². The van der Waals surface area contributed by atoms with Crippen LogP contribution in [0, 0.1) is 0 Å². The topological polar surface area (TPSA) is 97.2 Å². The summed E-state index contributed by atoms with van der Waals surface area (Å²) < 4.78 is 6.43. The minimum atomic E-state index is -0.586. The van der Waals surface area contributed by atoms with Crippen molar-refractivity contribution < 1.29 is 14.6 Å². The number of methoxy groups -OCH3 is 1. The number of ether oxygens (including phenoxy) is 1. The molecule has 3 rings (SSSR count). The predicted octanol–water partition coefficient (Wildman–Crippen LogP) is 1.24. The lowest BCUT2D eigenvalue weighted by Gasteiger charge is -2.20. The first-order chi connectivity index (χ1) is 11.6. The maximum atomic E-state index is 12.0. The van der Waals surface area contributed by atoms with E-state index in [1.54, 1.807) is 17.0 Å². The van der Waals surface area contributed by atoms with Crippen molar-refractivity contribution in [2.75, 3.05) is 13.7 Å². The van der Waals surface area contributed by atoms with Crippen LogP contribution in [0.5, 0.6) is 0 Å². The Morgan fingerprint density at radius 3 is 2.75 bits per heavy atom. The van der Waals surface area contributed by atoms with Gasteiger partial charge in [-0.3, -0.25) is 4.79 Å². The number of esters is 1. The third-order valence-corrected chi connectivity index (χ3v) is 3.93. The van der Waals surface area contributed by atoms with E-state index in [9.17, 15) is 14.7 Å². The summed E-state index contributed by atoms with van der Waals surface area (Å²) in [5, 5.41) is 16.0. The molecule has 1 aromatic carbocycles. The number of rotatable bonds is 5. The number of hydrogen-bond donors (Lipinski definition) is 2. The van der Waals surface area contributed by atoms with Crippen molar-refractivity contribution in [3.8, 4) is 11.3 Å². The molecule has 0 aromatic heterocycles. The van der Waals surface area contributed by atoms with Crippen molar-refractivity contribution in [2.45, 2.75) is 12.5 Å². The van der Waals surface area contributed by atoms with Crippen molar-refractivity contribution in [1.82, 2.24) is 14.8 Å². The van der Waals surface area contributed by atoms with Crippen LogP contribution in [0.2, 0.25) is 0 Å². The fourth-order valence-corrected chi connectivity index (χ4v) is 2.68. The first-order valence-electron chi connectivity index (χ1n) is 7.47. The van der Waals surface area contributed by atoms with E-state index in [2.05, 4.69) is 10.2 Å². The summed E-state index contributed by atoms with van der Waals surface area (Å²) in [5.41, 5.74) is 1.38. The number of aromatic nitrogens is 3. The quantitative estimate of drug-likeness (QED) is 0.687. The number of nitrogens with one attached hydrogen (secondary N) is 1. The normalized spacial score (nSPS) is 12.2. The van der Waals surface area contributed by atoms with Crippen molar-refractivity contribution in [3.63, 3.8) is 0 Å².